The first-order valence-electron chi connectivity index (χ1n) is 7.84. The Bertz CT molecular complexity index is 623. The van der Waals surface area contributed by atoms with Crippen LogP contribution in [0, 0.1) is 6.92 Å². The van der Waals surface area contributed by atoms with Crippen molar-refractivity contribution in [1.82, 2.24) is 10.2 Å². The van der Waals surface area contributed by atoms with Crippen molar-refractivity contribution in [3.05, 3.63) is 57.8 Å². The number of nitrogens with zero attached hydrogens (tertiary/aromatic N) is 1. The Kier molecular flexibility index (Phi) is 4.90. The maximum absolute atomic E-state index is 12.3. The van der Waals surface area contributed by atoms with Crippen LogP contribution in [-0.4, -0.2) is 29.9 Å². The molecule has 22 heavy (non-hydrogen) atoms. The number of benzene rings is 1. The SMILES string of the molecule is Cc1ccc(C(=O)NC2CCCN(Cc3ccccc3)C2)s1. The van der Waals surface area contributed by atoms with E-state index < -0.39 is 0 Å². The molecule has 3 rings (SSSR count). The first kappa shape index (κ1) is 15.3. The summed E-state index contributed by atoms with van der Waals surface area (Å²) in [6.07, 6.45) is 2.21. The summed E-state index contributed by atoms with van der Waals surface area (Å²) in [5, 5.41) is 3.19. The molecule has 1 atom stereocenters. The number of nitrogens with one attached hydrogen (secondary N) is 1. The molecule has 2 aromatic rings. The Morgan fingerprint density at radius 1 is 1.27 bits per heavy atom. The quantitative estimate of drug-likeness (QED) is 0.937. The van der Waals surface area contributed by atoms with Crippen LogP contribution in [-0.2, 0) is 6.54 Å². The molecule has 3 nitrogen and oxygen atoms in total. The molecule has 1 aromatic carbocycles. The zero-order valence-corrected chi connectivity index (χ0v) is 13.7. The summed E-state index contributed by atoms with van der Waals surface area (Å²) in [6.45, 7) is 5.04. The van der Waals surface area contributed by atoms with Crippen LogP contribution in [0.3, 0.4) is 0 Å². The normalized spacial score (nSPS) is 19.0. The molecular weight excluding hydrogens is 292 g/mol. The van der Waals surface area contributed by atoms with Gasteiger partial charge in [-0.1, -0.05) is 30.3 Å². The largest absolute Gasteiger partial charge is 0.347 e. The Balaban J connectivity index is 1.55. The number of amides is 1. The Hall–Kier alpha value is -1.65. The molecule has 2 heterocycles. The number of hydrogen-bond acceptors (Lipinski definition) is 3. The van der Waals surface area contributed by atoms with E-state index >= 15 is 0 Å². The molecule has 1 amide bonds. The van der Waals surface area contributed by atoms with E-state index in [2.05, 4.69) is 34.5 Å². The summed E-state index contributed by atoms with van der Waals surface area (Å²) in [6, 6.07) is 14.7. The van der Waals surface area contributed by atoms with Gasteiger partial charge in [-0.3, -0.25) is 9.69 Å². The third kappa shape index (κ3) is 3.96. The summed E-state index contributed by atoms with van der Waals surface area (Å²) in [5.41, 5.74) is 1.34. The standard InChI is InChI=1S/C18H22N2OS/c1-14-9-10-17(22-14)18(21)19-16-8-5-11-20(13-16)12-15-6-3-2-4-7-15/h2-4,6-7,9-10,16H,5,8,11-13H2,1H3,(H,19,21). The fourth-order valence-electron chi connectivity index (χ4n) is 2.97. The van der Waals surface area contributed by atoms with Crippen molar-refractivity contribution in [3.63, 3.8) is 0 Å². The lowest BCUT2D eigenvalue weighted by Crippen LogP contribution is -2.47. The second kappa shape index (κ2) is 7.07. The molecule has 1 saturated heterocycles. The van der Waals surface area contributed by atoms with Crippen LogP contribution >= 0.6 is 11.3 Å². The maximum Gasteiger partial charge on any atom is 0.261 e. The van der Waals surface area contributed by atoms with E-state index in [1.165, 1.54) is 10.4 Å². The number of aryl methyl sites for hydroxylation is 1. The van der Waals surface area contributed by atoms with Gasteiger partial charge in [0.05, 0.1) is 4.88 Å². The van der Waals surface area contributed by atoms with Gasteiger partial charge in [-0.25, -0.2) is 0 Å². The van der Waals surface area contributed by atoms with Gasteiger partial charge < -0.3 is 5.32 Å². The van der Waals surface area contributed by atoms with Crippen molar-refractivity contribution in [2.75, 3.05) is 13.1 Å². The number of thiophene rings is 1. The molecule has 1 unspecified atom stereocenters. The minimum atomic E-state index is 0.0738. The monoisotopic (exact) mass is 314 g/mol. The van der Waals surface area contributed by atoms with Gasteiger partial charge in [-0.2, -0.15) is 0 Å². The third-order valence-electron chi connectivity index (χ3n) is 4.05. The van der Waals surface area contributed by atoms with Crippen LogP contribution in [0.5, 0.6) is 0 Å². The maximum atomic E-state index is 12.3. The highest BCUT2D eigenvalue weighted by atomic mass is 32.1. The second-order valence-electron chi connectivity index (χ2n) is 5.94. The minimum Gasteiger partial charge on any atom is -0.347 e. The fourth-order valence-corrected chi connectivity index (χ4v) is 3.74. The van der Waals surface area contributed by atoms with Crippen LogP contribution in [0.2, 0.25) is 0 Å². The highest BCUT2D eigenvalue weighted by Crippen LogP contribution is 2.17. The molecule has 0 saturated carbocycles. The van der Waals surface area contributed by atoms with Crippen molar-refractivity contribution < 1.29 is 4.79 Å². The van der Waals surface area contributed by atoms with Crippen LogP contribution in [0.1, 0.15) is 33.0 Å². The zero-order valence-electron chi connectivity index (χ0n) is 12.9. The van der Waals surface area contributed by atoms with Crippen LogP contribution in [0.4, 0.5) is 0 Å². The lowest BCUT2D eigenvalue weighted by molar-refractivity contribution is 0.0905. The molecule has 4 heteroatoms. The predicted molar refractivity (Wildman–Crippen MR) is 91.3 cm³/mol. The van der Waals surface area contributed by atoms with Crippen molar-refractivity contribution >= 4 is 17.2 Å². The van der Waals surface area contributed by atoms with E-state index in [9.17, 15) is 4.79 Å². The number of rotatable bonds is 4. The first-order chi connectivity index (χ1) is 10.7. The van der Waals surface area contributed by atoms with E-state index in [-0.39, 0.29) is 11.9 Å². The summed E-state index contributed by atoms with van der Waals surface area (Å²) in [7, 11) is 0. The Morgan fingerprint density at radius 2 is 2.09 bits per heavy atom. The van der Waals surface area contributed by atoms with E-state index in [4.69, 9.17) is 0 Å². The van der Waals surface area contributed by atoms with Crippen molar-refractivity contribution in [2.45, 2.75) is 32.4 Å². The van der Waals surface area contributed by atoms with Crippen molar-refractivity contribution in [2.24, 2.45) is 0 Å². The zero-order chi connectivity index (χ0) is 15.4. The fraction of sp³-hybridized carbons (Fsp3) is 0.389. The minimum absolute atomic E-state index is 0.0738. The van der Waals surface area contributed by atoms with Gasteiger partial charge in [0.25, 0.3) is 5.91 Å². The predicted octanol–water partition coefficient (Wildman–Crippen LogP) is 3.45. The average Bonchev–Trinajstić information content (AvgIpc) is 2.95. The first-order valence-corrected chi connectivity index (χ1v) is 8.66. The van der Waals surface area contributed by atoms with Gasteiger partial charge >= 0.3 is 0 Å². The molecule has 0 spiro atoms. The summed E-state index contributed by atoms with van der Waals surface area (Å²) >= 11 is 1.56. The third-order valence-corrected chi connectivity index (χ3v) is 5.05. The summed E-state index contributed by atoms with van der Waals surface area (Å²) in [4.78, 5) is 16.7. The second-order valence-corrected chi connectivity index (χ2v) is 7.23. The Morgan fingerprint density at radius 3 is 2.82 bits per heavy atom. The van der Waals surface area contributed by atoms with E-state index in [1.54, 1.807) is 11.3 Å². The molecular formula is C18H22N2OS. The average molecular weight is 314 g/mol. The number of likely N-dealkylation sites (tertiary alicyclic amines) is 1. The van der Waals surface area contributed by atoms with E-state index in [0.717, 1.165) is 37.4 Å². The summed E-state index contributed by atoms with van der Waals surface area (Å²) in [5.74, 6) is 0.0738. The number of piperidine rings is 1. The van der Waals surface area contributed by atoms with Crippen LogP contribution < -0.4 is 5.32 Å². The van der Waals surface area contributed by atoms with Crippen molar-refractivity contribution in [1.29, 1.82) is 0 Å². The van der Waals surface area contributed by atoms with Crippen LogP contribution in [0.25, 0.3) is 0 Å². The number of hydrogen-bond donors (Lipinski definition) is 1. The highest BCUT2D eigenvalue weighted by molar-refractivity contribution is 7.13. The molecule has 0 aliphatic carbocycles. The van der Waals surface area contributed by atoms with Gasteiger partial charge in [0.2, 0.25) is 0 Å². The molecule has 116 valence electrons. The number of carbonyl (C=O) groups is 1. The molecule has 1 aliphatic heterocycles. The molecule has 0 radical (unpaired) electrons. The molecule has 1 aliphatic rings. The number of carbonyl (C=O) groups excluding carboxylic acids is 1. The highest BCUT2D eigenvalue weighted by Gasteiger charge is 2.22. The molecule has 1 N–H and O–H groups in total. The lowest BCUT2D eigenvalue weighted by Gasteiger charge is -2.33. The molecule has 0 bridgehead atoms. The van der Waals surface area contributed by atoms with Gasteiger partial charge in [-0.15, -0.1) is 11.3 Å². The summed E-state index contributed by atoms with van der Waals surface area (Å²) < 4.78 is 0. The van der Waals surface area contributed by atoms with Gasteiger partial charge in [0.15, 0.2) is 0 Å². The van der Waals surface area contributed by atoms with Crippen LogP contribution in [0.15, 0.2) is 42.5 Å². The van der Waals surface area contributed by atoms with E-state index in [1.807, 2.05) is 25.1 Å². The van der Waals surface area contributed by atoms with E-state index in [0.29, 0.717) is 0 Å². The topological polar surface area (TPSA) is 32.3 Å². The smallest absolute Gasteiger partial charge is 0.261 e. The molecule has 1 aromatic heterocycles. The lowest BCUT2D eigenvalue weighted by atomic mass is 10.0. The van der Waals surface area contributed by atoms with Gasteiger partial charge in [0, 0.05) is 24.0 Å². The van der Waals surface area contributed by atoms with Gasteiger partial charge in [-0.05, 0) is 44.0 Å². The molecule has 1 fully saturated rings. The van der Waals surface area contributed by atoms with Crippen molar-refractivity contribution in [3.8, 4) is 0 Å². The van der Waals surface area contributed by atoms with Gasteiger partial charge in [0.1, 0.15) is 0 Å². The Labute approximate surface area is 136 Å².